The number of fused-ring (bicyclic) bond motifs is 2. The topological polar surface area (TPSA) is 160 Å². The van der Waals surface area contributed by atoms with Crippen molar-refractivity contribution in [2.75, 3.05) is 77.9 Å². The van der Waals surface area contributed by atoms with Gasteiger partial charge in [-0.15, -0.1) is 10.2 Å². The second-order valence-corrected chi connectivity index (χ2v) is 15.7. The highest BCUT2D eigenvalue weighted by atomic mass is 35.5. The molecule has 19 heteroatoms. The number of nitrogens with one attached hydrogen (secondary N) is 2. The van der Waals surface area contributed by atoms with Crippen molar-refractivity contribution in [2.45, 2.75) is 29.6 Å². The van der Waals surface area contributed by atoms with Gasteiger partial charge in [-0.1, -0.05) is 12.1 Å². The van der Waals surface area contributed by atoms with Crippen LogP contribution in [0.4, 0.5) is 43.6 Å². The predicted octanol–water partition coefficient (Wildman–Crippen LogP) is 5.23. The number of aryl methyl sites for hydroxylation is 2. The number of halogens is 3. The number of nitrogens with zero attached hydrogens (tertiary/aromatic N) is 8. The molecule has 2 aromatic carbocycles. The van der Waals surface area contributed by atoms with E-state index in [2.05, 4.69) is 40.6 Å². The second kappa shape index (κ2) is 17.7. The maximum atomic E-state index is 13.7. The number of benzene rings is 2. The average Bonchev–Trinajstić information content (AvgIpc) is 3.75. The molecular formula is C36H37ClF2N10O4S2. The van der Waals surface area contributed by atoms with Gasteiger partial charge in [-0.3, -0.25) is 8.42 Å². The van der Waals surface area contributed by atoms with Crippen LogP contribution >= 0.6 is 11.6 Å². The summed E-state index contributed by atoms with van der Waals surface area (Å²) in [6, 6.07) is 15.8. The standard InChI is InChI=1S/C24H28FN7O3S.C12H9ClFN3OS/c1-2-34-13-14-35-21-7-6-20(29-30-21)31-9-11-32(12-10-31)24-27-19-8-15-36(33)22(19)23(28-24)26-18-5-3-4-17(25)16-18;13-12-16-9-4-5-19(18)10(9)11(17-12)15-8-3-1-2-7(14)6-8/h3-7,16H,2,8-15H2,1H3,(H,26,27,28);1-3,6H,4-5H2,(H,15,16,17). The van der Waals surface area contributed by atoms with Gasteiger partial charge >= 0.3 is 0 Å². The quantitative estimate of drug-likeness (QED) is 0.132. The Labute approximate surface area is 326 Å². The van der Waals surface area contributed by atoms with E-state index >= 15 is 0 Å². The molecule has 288 valence electrons. The molecule has 0 spiro atoms. The molecule has 14 nitrogen and oxygen atoms in total. The summed E-state index contributed by atoms with van der Waals surface area (Å²) in [6.07, 6.45) is 1.24. The minimum Gasteiger partial charge on any atom is -0.474 e. The predicted molar refractivity (Wildman–Crippen MR) is 207 cm³/mol. The molecule has 0 radical (unpaired) electrons. The van der Waals surface area contributed by atoms with Crippen LogP contribution in [0.2, 0.25) is 5.28 Å². The lowest BCUT2D eigenvalue weighted by atomic mass is 10.2. The maximum Gasteiger partial charge on any atom is 0.233 e. The highest BCUT2D eigenvalue weighted by Crippen LogP contribution is 2.33. The molecule has 5 aromatic rings. The van der Waals surface area contributed by atoms with Crippen molar-refractivity contribution in [1.29, 1.82) is 0 Å². The summed E-state index contributed by atoms with van der Waals surface area (Å²) in [5.74, 6) is 3.02. The van der Waals surface area contributed by atoms with E-state index in [0.29, 0.717) is 108 Å². The van der Waals surface area contributed by atoms with Crippen LogP contribution in [0.1, 0.15) is 18.3 Å². The first kappa shape index (κ1) is 38.4. The Balaban J connectivity index is 0.000000205. The van der Waals surface area contributed by atoms with Gasteiger partial charge in [0.2, 0.25) is 17.1 Å². The third-order valence-electron chi connectivity index (χ3n) is 8.71. The third kappa shape index (κ3) is 9.49. The van der Waals surface area contributed by atoms with Crippen LogP contribution in [0.15, 0.2) is 70.5 Å². The molecule has 2 N–H and O–H groups in total. The number of anilines is 6. The van der Waals surface area contributed by atoms with Crippen LogP contribution in [-0.4, -0.2) is 96.1 Å². The number of hydrogen-bond acceptors (Lipinski definition) is 14. The van der Waals surface area contributed by atoms with Crippen molar-refractivity contribution in [3.05, 3.63) is 89.0 Å². The van der Waals surface area contributed by atoms with Crippen LogP contribution in [0.5, 0.6) is 5.88 Å². The molecule has 0 aliphatic carbocycles. The van der Waals surface area contributed by atoms with Crippen LogP contribution < -0.4 is 25.2 Å². The van der Waals surface area contributed by atoms with E-state index in [1.807, 2.05) is 19.1 Å². The van der Waals surface area contributed by atoms with Crippen molar-refractivity contribution in [3.8, 4) is 5.88 Å². The van der Waals surface area contributed by atoms with E-state index in [1.165, 1.54) is 24.3 Å². The number of hydrogen-bond donors (Lipinski definition) is 2. The Hall–Kier alpha value is -4.91. The van der Waals surface area contributed by atoms with Crippen molar-refractivity contribution >= 4 is 68.0 Å². The van der Waals surface area contributed by atoms with E-state index < -0.39 is 21.6 Å². The van der Waals surface area contributed by atoms with Crippen molar-refractivity contribution in [2.24, 2.45) is 0 Å². The summed E-state index contributed by atoms with van der Waals surface area (Å²) in [6.45, 7) is 6.37. The molecule has 2 atom stereocenters. The molecular weight excluding hydrogens is 774 g/mol. The summed E-state index contributed by atoms with van der Waals surface area (Å²) < 4.78 is 62.2. The normalized spacial score (nSPS) is 17.2. The second-order valence-electron chi connectivity index (χ2n) is 12.4. The molecule has 3 aliphatic rings. The maximum absolute atomic E-state index is 13.7. The van der Waals surface area contributed by atoms with Gasteiger partial charge in [0.25, 0.3) is 0 Å². The highest BCUT2D eigenvalue weighted by molar-refractivity contribution is 7.85. The van der Waals surface area contributed by atoms with Gasteiger partial charge in [-0.05, 0) is 61.0 Å². The number of aromatic nitrogens is 6. The Bertz CT molecular complexity index is 2200. The Morgan fingerprint density at radius 3 is 1.93 bits per heavy atom. The molecule has 2 unspecified atom stereocenters. The molecule has 0 amide bonds. The van der Waals surface area contributed by atoms with Gasteiger partial charge < -0.3 is 29.9 Å². The minimum atomic E-state index is -1.18. The first-order valence-corrected chi connectivity index (χ1v) is 20.6. The average molecular weight is 811 g/mol. The SMILES string of the molecule is CCOCCOc1ccc(N2CCN(c3nc4c(c(Nc5cccc(F)c5)n3)S(=O)CC4)CC2)nn1.O=S1CCc2nc(Cl)nc(Nc3cccc(F)c3)c21. The van der Waals surface area contributed by atoms with E-state index in [1.54, 1.807) is 24.3 Å². The van der Waals surface area contributed by atoms with E-state index in [0.717, 1.165) is 24.6 Å². The van der Waals surface area contributed by atoms with Crippen LogP contribution in [0.25, 0.3) is 0 Å². The summed E-state index contributed by atoms with van der Waals surface area (Å²) >= 11 is 5.84. The lowest BCUT2D eigenvalue weighted by Crippen LogP contribution is -2.47. The number of piperazine rings is 1. The number of ether oxygens (including phenoxy) is 2. The lowest BCUT2D eigenvalue weighted by Gasteiger charge is -2.35. The fourth-order valence-corrected chi connectivity index (χ4v) is 8.91. The first-order valence-electron chi connectivity index (χ1n) is 17.6. The highest BCUT2D eigenvalue weighted by Gasteiger charge is 2.29. The molecule has 55 heavy (non-hydrogen) atoms. The fraction of sp³-hybridized carbons (Fsp3) is 0.333. The van der Waals surface area contributed by atoms with Gasteiger partial charge in [0.15, 0.2) is 17.5 Å². The zero-order chi connectivity index (χ0) is 38.3. The molecule has 0 saturated carbocycles. The molecule has 1 saturated heterocycles. The first-order chi connectivity index (χ1) is 26.7. The van der Waals surface area contributed by atoms with E-state index in [4.69, 9.17) is 31.0 Å². The third-order valence-corrected chi connectivity index (χ3v) is 11.8. The lowest BCUT2D eigenvalue weighted by molar-refractivity contribution is 0.108. The van der Waals surface area contributed by atoms with Crippen LogP contribution in [0, 0.1) is 11.6 Å². The van der Waals surface area contributed by atoms with E-state index in [9.17, 15) is 17.2 Å². The van der Waals surface area contributed by atoms with Gasteiger partial charge in [-0.25, -0.2) is 18.7 Å². The zero-order valence-electron chi connectivity index (χ0n) is 29.7. The molecule has 6 heterocycles. The molecule has 3 aliphatic heterocycles. The Morgan fingerprint density at radius 2 is 1.35 bits per heavy atom. The van der Waals surface area contributed by atoms with Gasteiger partial charge in [-0.2, -0.15) is 9.97 Å². The molecule has 3 aromatic heterocycles. The monoisotopic (exact) mass is 810 g/mol. The van der Waals surface area contributed by atoms with Crippen molar-refractivity contribution in [3.63, 3.8) is 0 Å². The summed E-state index contributed by atoms with van der Waals surface area (Å²) in [5, 5.41) is 14.7. The van der Waals surface area contributed by atoms with Crippen molar-refractivity contribution in [1.82, 2.24) is 30.1 Å². The zero-order valence-corrected chi connectivity index (χ0v) is 32.1. The fourth-order valence-electron chi connectivity index (χ4n) is 6.11. The Kier molecular flexibility index (Phi) is 12.3. The Morgan fingerprint density at radius 1 is 0.745 bits per heavy atom. The summed E-state index contributed by atoms with van der Waals surface area (Å²) in [7, 11) is -2.31. The molecule has 1 fully saturated rings. The molecule has 0 bridgehead atoms. The van der Waals surface area contributed by atoms with E-state index in [-0.39, 0.29) is 16.9 Å². The van der Waals surface area contributed by atoms with Crippen LogP contribution in [0.3, 0.4) is 0 Å². The smallest absolute Gasteiger partial charge is 0.233 e. The van der Waals surface area contributed by atoms with Crippen molar-refractivity contribution < 1.29 is 26.7 Å². The van der Waals surface area contributed by atoms with Gasteiger partial charge in [0.1, 0.15) is 28.0 Å². The van der Waals surface area contributed by atoms with Gasteiger partial charge in [0, 0.05) is 74.6 Å². The number of rotatable bonds is 11. The summed E-state index contributed by atoms with van der Waals surface area (Å²) in [4.78, 5) is 23.0. The summed E-state index contributed by atoms with van der Waals surface area (Å²) in [5.41, 5.74) is 2.56. The molecule has 8 rings (SSSR count). The van der Waals surface area contributed by atoms with Crippen LogP contribution in [-0.2, 0) is 39.2 Å². The largest absolute Gasteiger partial charge is 0.474 e. The minimum absolute atomic E-state index is 0.0940. The van der Waals surface area contributed by atoms with Gasteiger partial charge in [0.05, 0.1) is 39.6 Å².